The smallest absolute Gasteiger partial charge is 0.226 e. The molecule has 4 heteroatoms. The van der Waals surface area contributed by atoms with E-state index >= 15 is 0 Å². The van der Waals surface area contributed by atoms with Crippen LogP contribution in [0.4, 0.5) is 0 Å². The normalized spacial score (nSPS) is 18.5. The van der Waals surface area contributed by atoms with Gasteiger partial charge in [-0.25, -0.2) is 0 Å². The molecule has 2 atom stereocenters. The minimum absolute atomic E-state index is 0.140. The predicted octanol–water partition coefficient (Wildman–Crippen LogP) is 2.83. The van der Waals surface area contributed by atoms with Gasteiger partial charge >= 0.3 is 0 Å². The number of para-hydroxylation sites is 1. The van der Waals surface area contributed by atoms with Crippen molar-refractivity contribution in [2.75, 3.05) is 13.2 Å². The van der Waals surface area contributed by atoms with E-state index in [1.54, 1.807) is 0 Å². The zero-order valence-corrected chi connectivity index (χ0v) is 14.2. The average Bonchev–Trinajstić information content (AvgIpc) is 3.32. The van der Waals surface area contributed by atoms with Crippen LogP contribution >= 0.6 is 0 Å². The fourth-order valence-corrected chi connectivity index (χ4v) is 3.62. The number of ketones is 1. The summed E-state index contributed by atoms with van der Waals surface area (Å²) in [5.74, 6) is 0.140. The fourth-order valence-electron chi connectivity index (χ4n) is 3.62. The molecule has 0 amide bonds. The number of hydrogen-bond acceptors (Lipinski definition) is 2. The van der Waals surface area contributed by atoms with Gasteiger partial charge in [0.2, 0.25) is 5.78 Å². The summed E-state index contributed by atoms with van der Waals surface area (Å²) in [7, 11) is 0. The molecule has 1 saturated heterocycles. The van der Waals surface area contributed by atoms with Crippen molar-refractivity contribution in [3.63, 3.8) is 0 Å². The van der Waals surface area contributed by atoms with E-state index in [9.17, 15) is 4.79 Å². The quantitative estimate of drug-likeness (QED) is 0.681. The highest BCUT2D eigenvalue weighted by atomic mass is 16.5. The van der Waals surface area contributed by atoms with Gasteiger partial charge in [0.25, 0.3) is 0 Å². The van der Waals surface area contributed by atoms with E-state index in [2.05, 4.69) is 10.3 Å². The Morgan fingerprint density at radius 2 is 1.96 bits per heavy atom. The summed E-state index contributed by atoms with van der Waals surface area (Å²) in [6.07, 6.45) is 4.29. The maximum Gasteiger partial charge on any atom is 0.226 e. The van der Waals surface area contributed by atoms with Gasteiger partial charge in [-0.15, -0.1) is 0 Å². The molecule has 4 nitrogen and oxygen atoms in total. The lowest BCUT2D eigenvalue weighted by Crippen LogP contribution is -2.88. The number of hydrogen-bond donors (Lipinski definition) is 2. The first-order chi connectivity index (χ1) is 12.3. The molecule has 0 spiro atoms. The van der Waals surface area contributed by atoms with E-state index in [0.717, 1.165) is 48.0 Å². The van der Waals surface area contributed by atoms with Crippen molar-refractivity contribution >= 4 is 16.7 Å². The number of benzene rings is 2. The third-order valence-electron chi connectivity index (χ3n) is 4.95. The van der Waals surface area contributed by atoms with Gasteiger partial charge in [0.15, 0.2) is 6.04 Å². The monoisotopic (exact) mass is 335 g/mol. The molecule has 2 heterocycles. The minimum atomic E-state index is -0.246. The number of aromatic nitrogens is 1. The van der Waals surface area contributed by atoms with Crippen LogP contribution in [-0.4, -0.2) is 30.0 Å². The van der Waals surface area contributed by atoms with Crippen LogP contribution in [0.25, 0.3) is 10.9 Å². The second-order valence-electron chi connectivity index (χ2n) is 6.61. The molecule has 0 bridgehead atoms. The number of ether oxygens (including phenoxy) is 1. The molecule has 1 fully saturated rings. The number of nitrogens with one attached hydrogen (secondary N) is 1. The Balaban J connectivity index is 1.63. The van der Waals surface area contributed by atoms with Gasteiger partial charge < -0.3 is 15.0 Å². The summed E-state index contributed by atoms with van der Waals surface area (Å²) in [6, 6.07) is 17.7. The molecule has 0 unspecified atom stereocenters. The Bertz CT molecular complexity index is 850. The number of quaternary nitrogens is 1. The highest BCUT2D eigenvalue weighted by Crippen LogP contribution is 2.23. The molecule has 2 aromatic carbocycles. The lowest BCUT2D eigenvalue weighted by Gasteiger charge is -2.17. The Kier molecular flexibility index (Phi) is 4.63. The zero-order valence-electron chi connectivity index (χ0n) is 14.2. The van der Waals surface area contributed by atoms with Crippen LogP contribution in [0.3, 0.4) is 0 Å². The van der Waals surface area contributed by atoms with Crippen LogP contribution in [-0.2, 0) is 4.74 Å². The van der Waals surface area contributed by atoms with Crippen LogP contribution in [0.1, 0.15) is 34.8 Å². The van der Waals surface area contributed by atoms with E-state index in [1.165, 1.54) is 0 Å². The molecule has 1 aliphatic heterocycles. The lowest BCUT2D eigenvalue weighted by molar-refractivity contribution is -0.686. The van der Waals surface area contributed by atoms with Gasteiger partial charge in [-0.1, -0.05) is 48.5 Å². The van der Waals surface area contributed by atoms with E-state index in [4.69, 9.17) is 4.74 Å². The second-order valence-corrected chi connectivity index (χ2v) is 6.61. The summed E-state index contributed by atoms with van der Waals surface area (Å²) in [6.45, 7) is 1.65. The van der Waals surface area contributed by atoms with Gasteiger partial charge in [-0.05, 0) is 18.9 Å². The topological polar surface area (TPSA) is 58.7 Å². The fraction of sp³-hybridized carbons (Fsp3) is 0.286. The van der Waals surface area contributed by atoms with Crippen LogP contribution < -0.4 is 5.32 Å². The van der Waals surface area contributed by atoms with E-state index < -0.39 is 0 Å². The van der Waals surface area contributed by atoms with E-state index in [1.807, 2.05) is 60.8 Å². The average molecular weight is 335 g/mol. The maximum absolute atomic E-state index is 13.3. The molecule has 25 heavy (non-hydrogen) atoms. The van der Waals surface area contributed by atoms with Crippen molar-refractivity contribution in [1.29, 1.82) is 0 Å². The molecule has 1 aromatic heterocycles. The first-order valence-electron chi connectivity index (χ1n) is 8.93. The standard InChI is InChI=1S/C21H22N2O2/c24-21(18-14-22-19-11-5-4-10-17(18)19)20(15-7-2-1-3-8-15)23-13-16-9-6-12-25-16/h1-5,7-8,10-11,14,16,20,22-23H,6,9,12-13H2/p+1/t16-,20-/m0/s1. The number of carbonyl (C=O) groups excluding carboxylic acids is 1. The first kappa shape index (κ1) is 16.1. The van der Waals surface area contributed by atoms with Crippen molar-refractivity contribution < 1.29 is 14.8 Å². The van der Waals surface area contributed by atoms with Gasteiger partial charge in [-0.2, -0.15) is 0 Å². The SMILES string of the molecule is O=C(c1c[nH]c2ccccc12)[C@@H]([NH2+]C[C@@H]1CCCO1)c1ccccc1. The molecule has 0 radical (unpaired) electrons. The van der Waals surface area contributed by atoms with Gasteiger partial charge in [-0.3, -0.25) is 4.79 Å². The van der Waals surface area contributed by atoms with Crippen LogP contribution in [0.15, 0.2) is 60.8 Å². The number of nitrogens with two attached hydrogens (primary N) is 1. The Hall–Kier alpha value is -2.43. The molecule has 3 N–H and O–H groups in total. The Labute approximate surface area is 147 Å². The summed E-state index contributed by atoms with van der Waals surface area (Å²) < 4.78 is 5.73. The third-order valence-corrected chi connectivity index (χ3v) is 4.95. The summed E-state index contributed by atoms with van der Waals surface area (Å²) in [5.41, 5.74) is 2.79. The Morgan fingerprint density at radius 1 is 1.16 bits per heavy atom. The third kappa shape index (κ3) is 3.36. The van der Waals surface area contributed by atoms with Gasteiger partial charge in [0.05, 0.1) is 0 Å². The molecular formula is C21H23N2O2+. The van der Waals surface area contributed by atoms with Crippen molar-refractivity contribution in [2.45, 2.75) is 25.0 Å². The minimum Gasteiger partial charge on any atom is -0.372 e. The van der Waals surface area contributed by atoms with Crippen molar-refractivity contribution in [2.24, 2.45) is 0 Å². The number of H-pyrrole nitrogens is 1. The molecule has 0 aliphatic carbocycles. The molecule has 0 saturated carbocycles. The van der Waals surface area contributed by atoms with E-state index in [0.29, 0.717) is 0 Å². The summed E-state index contributed by atoms with van der Waals surface area (Å²) in [4.78, 5) is 16.5. The number of carbonyl (C=O) groups is 1. The molecule has 3 aromatic rings. The van der Waals surface area contributed by atoms with Crippen LogP contribution in [0.2, 0.25) is 0 Å². The van der Waals surface area contributed by atoms with Gasteiger partial charge in [0, 0.05) is 34.8 Å². The van der Waals surface area contributed by atoms with Crippen LogP contribution in [0, 0.1) is 0 Å². The maximum atomic E-state index is 13.3. The van der Waals surface area contributed by atoms with Crippen molar-refractivity contribution in [1.82, 2.24) is 4.98 Å². The largest absolute Gasteiger partial charge is 0.372 e. The van der Waals surface area contributed by atoms with E-state index in [-0.39, 0.29) is 17.9 Å². The van der Waals surface area contributed by atoms with Crippen LogP contribution in [0.5, 0.6) is 0 Å². The lowest BCUT2D eigenvalue weighted by atomic mass is 9.96. The van der Waals surface area contributed by atoms with Crippen molar-refractivity contribution in [3.05, 3.63) is 71.9 Å². The number of fused-ring (bicyclic) bond motifs is 1. The number of aromatic amines is 1. The first-order valence-corrected chi connectivity index (χ1v) is 8.93. The zero-order chi connectivity index (χ0) is 17.1. The summed E-state index contributed by atoms with van der Waals surface area (Å²) in [5, 5.41) is 3.12. The van der Waals surface area contributed by atoms with Crippen molar-refractivity contribution in [3.8, 4) is 0 Å². The molecular weight excluding hydrogens is 312 g/mol. The highest BCUT2D eigenvalue weighted by Gasteiger charge is 2.29. The predicted molar refractivity (Wildman–Crippen MR) is 97.6 cm³/mol. The highest BCUT2D eigenvalue weighted by molar-refractivity contribution is 6.09. The molecule has 1 aliphatic rings. The summed E-state index contributed by atoms with van der Waals surface area (Å²) >= 11 is 0. The number of Topliss-reactive ketones (excluding diaryl/α,β-unsaturated/α-hetero) is 1. The Morgan fingerprint density at radius 3 is 2.76 bits per heavy atom. The molecule has 4 rings (SSSR count). The molecule has 128 valence electrons. The van der Waals surface area contributed by atoms with Gasteiger partial charge in [0.1, 0.15) is 12.6 Å². The number of rotatable bonds is 6. The second kappa shape index (κ2) is 7.21.